The molecule has 0 spiro atoms. The van der Waals surface area contributed by atoms with Crippen LogP contribution in [0.4, 0.5) is 8.78 Å². The second kappa shape index (κ2) is 10.8. The van der Waals surface area contributed by atoms with Gasteiger partial charge in [-0.05, 0) is 62.7 Å². The van der Waals surface area contributed by atoms with Crippen molar-refractivity contribution in [3.8, 4) is 11.1 Å². The smallest absolute Gasteiger partial charge is 0.254 e. The van der Waals surface area contributed by atoms with Crippen LogP contribution in [-0.4, -0.2) is 22.8 Å². The number of aromatic nitrogens is 1. The monoisotopic (exact) mass is 526 g/mol. The Balaban J connectivity index is 1.66. The number of amides is 1. The third kappa shape index (κ3) is 5.22. The fourth-order valence-corrected chi connectivity index (χ4v) is 5.61. The van der Waals surface area contributed by atoms with Crippen LogP contribution < -0.4 is 0 Å². The summed E-state index contributed by atoms with van der Waals surface area (Å²) >= 11 is 1.62. The van der Waals surface area contributed by atoms with Gasteiger partial charge in [0.05, 0.1) is 10.6 Å². The van der Waals surface area contributed by atoms with Gasteiger partial charge in [-0.15, -0.1) is 11.3 Å². The minimum absolute atomic E-state index is 0.0696. The third-order valence-corrected chi connectivity index (χ3v) is 7.49. The maximum atomic E-state index is 14.1. The Morgan fingerprint density at radius 3 is 2.39 bits per heavy atom. The van der Waals surface area contributed by atoms with E-state index in [1.54, 1.807) is 23.3 Å². The van der Waals surface area contributed by atoms with Gasteiger partial charge in [-0.3, -0.25) is 4.79 Å². The van der Waals surface area contributed by atoms with Crippen LogP contribution in [0.3, 0.4) is 0 Å². The molecule has 6 heteroatoms. The number of carbonyl (C=O) groups excluding carboxylic acids is 1. The molecule has 4 aromatic carbocycles. The average molecular weight is 527 g/mol. The lowest BCUT2D eigenvalue weighted by atomic mass is 9.84. The topological polar surface area (TPSA) is 33.2 Å². The minimum atomic E-state index is -0.921. The van der Waals surface area contributed by atoms with E-state index in [9.17, 15) is 13.6 Å². The first-order valence-electron chi connectivity index (χ1n) is 12.5. The van der Waals surface area contributed by atoms with Gasteiger partial charge in [0.2, 0.25) is 0 Å². The molecule has 1 aromatic heterocycles. The Hall–Kier alpha value is -3.90. The Morgan fingerprint density at radius 2 is 1.71 bits per heavy atom. The van der Waals surface area contributed by atoms with Crippen LogP contribution in [-0.2, 0) is 13.0 Å². The Morgan fingerprint density at radius 1 is 0.947 bits per heavy atom. The molecule has 5 rings (SSSR count). The van der Waals surface area contributed by atoms with Gasteiger partial charge in [0, 0.05) is 31.6 Å². The minimum Gasteiger partial charge on any atom is -0.337 e. The lowest BCUT2D eigenvalue weighted by Gasteiger charge is -2.25. The van der Waals surface area contributed by atoms with Crippen LogP contribution in [0.15, 0.2) is 84.4 Å². The number of nitrogens with zero attached hydrogens (tertiary/aromatic N) is 2. The standard InChI is InChI=1S/C32H28F2N2OS/c1-20(2)30-26(23-7-5-4-6-8-23)18-24-15-21(17-29-35-13-14-38-29)9-11-25(24)31(30)32(37)36(3)19-22-10-12-27(33)28(34)16-22/h4-16,18,20H,17,19H2,1-3H3. The van der Waals surface area contributed by atoms with Gasteiger partial charge < -0.3 is 4.90 Å². The molecule has 3 nitrogen and oxygen atoms in total. The van der Waals surface area contributed by atoms with E-state index in [4.69, 9.17) is 0 Å². The van der Waals surface area contributed by atoms with Crippen molar-refractivity contribution in [1.82, 2.24) is 9.88 Å². The lowest BCUT2D eigenvalue weighted by molar-refractivity contribution is 0.0785. The first-order chi connectivity index (χ1) is 18.3. The van der Waals surface area contributed by atoms with Gasteiger partial charge in [0.25, 0.3) is 5.91 Å². The summed E-state index contributed by atoms with van der Waals surface area (Å²) in [4.78, 5) is 20.1. The van der Waals surface area contributed by atoms with Crippen molar-refractivity contribution in [2.45, 2.75) is 32.7 Å². The molecule has 0 aliphatic rings. The van der Waals surface area contributed by atoms with Crippen molar-refractivity contribution in [2.24, 2.45) is 0 Å². The molecule has 192 valence electrons. The number of fused-ring (bicyclic) bond motifs is 1. The van der Waals surface area contributed by atoms with Crippen LogP contribution in [0, 0.1) is 11.6 Å². The van der Waals surface area contributed by atoms with Gasteiger partial charge in [-0.2, -0.15) is 0 Å². The van der Waals surface area contributed by atoms with Crippen LogP contribution in [0.2, 0.25) is 0 Å². The Labute approximate surface area is 225 Å². The van der Waals surface area contributed by atoms with Crippen LogP contribution in [0.25, 0.3) is 21.9 Å². The van der Waals surface area contributed by atoms with Gasteiger partial charge in [0.1, 0.15) is 0 Å². The third-order valence-electron chi connectivity index (χ3n) is 6.71. The fraction of sp³-hybridized carbons (Fsp3) is 0.188. The van der Waals surface area contributed by atoms with Crippen molar-refractivity contribution in [1.29, 1.82) is 0 Å². The van der Waals surface area contributed by atoms with Gasteiger partial charge >= 0.3 is 0 Å². The summed E-state index contributed by atoms with van der Waals surface area (Å²) in [6.45, 7) is 4.35. The van der Waals surface area contributed by atoms with Gasteiger partial charge in [-0.25, -0.2) is 13.8 Å². The molecule has 0 unspecified atom stereocenters. The van der Waals surface area contributed by atoms with Gasteiger partial charge in [0.15, 0.2) is 11.6 Å². The van der Waals surface area contributed by atoms with E-state index in [2.05, 4.69) is 49.2 Å². The number of thiazole rings is 1. The first kappa shape index (κ1) is 25.7. The molecular formula is C32H28F2N2OS. The number of hydrogen-bond acceptors (Lipinski definition) is 3. The SMILES string of the molecule is CC(C)c1c(-c2ccccc2)cc2cc(Cc3nccs3)ccc2c1C(=O)N(C)Cc1ccc(F)c(F)c1. The molecule has 0 aliphatic carbocycles. The summed E-state index contributed by atoms with van der Waals surface area (Å²) in [5.41, 5.74) is 5.32. The van der Waals surface area contributed by atoms with E-state index in [0.717, 1.165) is 56.6 Å². The molecule has 38 heavy (non-hydrogen) atoms. The number of carbonyl (C=O) groups is 1. The second-order valence-electron chi connectivity index (χ2n) is 9.80. The summed E-state index contributed by atoms with van der Waals surface area (Å²) in [6.07, 6.45) is 2.53. The zero-order valence-electron chi connectivity index (χ0n) is 21.5. The first-order valence-corrected chi connectivity index (χ1v) is 13.4. The maximum absolute atomic E-state index is 14.1. The summed E-state index contributed by atoms with van der Waals surface area (Å²) in [5.74, 6) is -1.91. The highest BCUT2D eigenvalue weighted by Gasteiger charge is 2.25. The van der Waals surface area contributed by atoms with Crippen molar-refractivity contribution in [2.75, 3.05) is 7.05 Å². The van der Waals surface area contributed by atoms with Crippen molar-refractivity contribution in [3.63, 3.8) is 0 Å². The highest BCUT2D eigenvalue weighted by molar-refractivity contribution is 7.09. The molecule has 1 amide bonds. The van der Waals surface area contributed by atoms with Crippen molar-refractivity contribution >= 4 is 28.0 Å². The molecule has 1 heterocycles. The summed E-state index contributed by atoms with van der Waals surface area (Å²) in [7, 11) is 1.70. The molecule has 0 saturated heterocycles. The molecule has 0 fully saturated rings. The zero-order valence-corrected chi connectivity index (χ0v) is 22.4. The average Bonchev–Trinajstić information content (AvgIpc) is 3.42. The molecule has 0 bridgehead atoms. The second-order valence-corrected chi connectivity index (χ2v) is 10.8. The summed E-state index contributed by atoms with van der Waals surface area (Å²) in [6, 6.07) is 22.2. The molecule has 0 aliphatic heterocycles. The van der Waals surface area contributed by atoms with Crippen LogP contribution in [0.5, 0.6) is 0 Å². The normalized spacial score (nSPS) is 11.3. The predicted molar refractivity (Wildman–Crippen MR) is 151 cm³/mol. The molecule has 0 saturated carbocycles. The molecule has 0 N–H and O–H groups in total. The van der Waals surface area contributed by atoms with E-state index in [-0.39, 0.29) is 18.4 Å². The summed E-state index contributed by atoms with van der Waals surface area (Å²) in [5, 5.41) is 4.86. The van der Waals surface area contributed by atoms with E-state index in [1.807, 2.05) is 35.8 Å². The van der Waals surface area contributed by atoms with Crippen LogP contribution >= 0.6 is 11.3 Å². The predicted octanol–water partition coefficient (Wildman–Crippen LogP) is 8.23. The largest absolute Gasteiger partial charge is 0.337 e. The van der Waals surface area contributed by atoms with Crippen molar-refractivity contribution < 1.29 is 13.6 Å². The number of rotatable bonds is 7. The van der Waals surface area contributed by atoms with Crippen molar-refractivity contribution in [3.05, 3.63) is 123 Å². The number of hydrogen-bond donors (Lipinski definition) is 0. The fourth-order valence-electron chi connectivity index (χ4n) is 4.96. The Kier molecular flexibility index (Phi) is 7.34. The van der Waals surface area contributed by atoms with E-state index < -0.39 is 11.6 Å². The highest BCUT2D eigenvalue weighted by Crippen LogP contribution is 2.38. The lowest BCUT2D eigenvalue weighted by Crippen LogP contribution is -2.28. The van der Waals surface area contributed by atoms with E-state index in [0.29, 0.717) is 11.1 Å². The maximum Gasteiger partial charge on any atom is 0.254 e. The number of halogens is 2. The zero-order chi connectivity index (χ0) is 26.8. The summed E-state index contributed by atoms with van der Waals surface area (Å²) < 4.78 is 27.3. The van der Waals surface area contributed by atoms with E-state index >= 15 is 0 Å². The van der Waals surface area contributed by atoms with E-state index in [1.165, 1.54) is 6.07 Å². The van der Waals surface area contributed by atoms with Gasteiger partial charge in [-0.1, -0.05) is 68.4 Å². The molecular weight excluding hydrogens is 498 g/mol. The Bertz CT molecular complexity index is 1600. The molecule has 0 atom stereocenters. The molecule has 5 aromatic rings. The number of benzene rings is 4. The quantitative estimate of drug-likeness (QED) is 0.214. The highest BCUT2D eigenvalue weighted by atomic mass is 32.1. The van der Waals surface area contributed by atoms with Crippen LogP contribution in [0.1, 0.15) is 51.8 Å². The molecule has 0 radical (unpaired) electrons.